The molecule has 156 valence electrons. The van der Waals surface area contributed by atoms with Crippen LogP contribution >= 0.6 is 0 Å². The minimum atomic E-state index is -0.917. The topological polar surface area (TPSA) is 92.2 Å². The van der Waals surface area contributed by atoms with Crippen molar-refractivity contribution in [2.75, 3.05) is 0 Å². The number of hydrogen-bond acceptors (Lipinski definition) is 4. The molecule has 28 heavy (non-hydrogen) atoms. The Morgan fingerprint density at radius 2 is 1.75 bits per heavy atom. The Morgan fingerprint density at radius 1 is 1.14 bits per heavy atom. The molecule has 1 heterocycles. The Kier molecular flexibility index (Phi) is 7.01. The Balaban J connectivity index is 0.00000196. The summed E-state index contributed by atoms with van der Waals surface area (Å²) in [6.07, 6.45) is 5.93. The number of rotatable bonds is 5. The van der Waals surface area contributed by atoms with Crippen molar-refractivity contribution in [3.63, 3.8) is 0 Å². The monoisotopic (exact) mass is 430 g/mol. The van der Waals surface area contributed by atoms with E-state index in [2.05, 4.69) is 25.4 Å². The Morgan fingerprint density at radius 3 is 2.21 bits per heavy atom. The third-order valence-corrected chi connectivity index (χ3v) is 6.33. The number of H-pyrrole nitrogens is 1. The zero-order chi connectivity index (χ0) is 19.4. The predicted molar refractivity (Wildman–Crippen MR) is 108 cm³/mol. The molecule has 1 aromatic heterocycles. The maximum Gasteiger partial charge on any atom is 2.00 e. The Bertz CT molecular complexity index is 968. The molecule has 1 fully saturated rings. The van der Waals surface area contributed by atoms with Crippen LogP contribution in [0.3, 0.4) is 0 Å². The summed E-state index contributed by atoms with van der Waals surface area (Å²) in [5.74, 6) is -0.270. The summed E-state index contributed by atoms with van der Waals surface area (Å²) < 4.78 is 1.54. The van der Waals surface area contributed by atoms with E-state index in [9.17, 15) is 19.5 Å². The van der Waals surface area contributed by atoms with Crippen molar-refractivity contribution in [2.24, 2.45) is 5.92 Å². The molecule has 1 aromatic carbocycles. The van der Waals surface area contributed by atoms with Gasteiger partial charge in [-0.2, -0.15) is 12.8 Å². The van der Waals surface area contributed by atoms with E-state index in [0.717, 1.165) is 19.3 Å². The van der Waals surface area contributed by atoms with E-state index in [1.54, 1.807) is 0 Å². The normalized spacial score (nSPS) is 17.4. The van der Waals surface area contributed by atoms with Crippen LogP contribution in [0.1, 0.15) is 66.0 Å². The minimum absolute atomic E-state index is 0. The van der Waals surface area contributed by atoms with Gasteiger partial charge in [-0.3, -0.25) is 19.5 Å². The molecule has 0 radical (unpaired) electrons. The Labute approximate surface area is 176 Å². The second-order valence-electron chi connectivity index (χ2n) is 8.57. The molecule has 1 unspecified atom stereocenters. The van der Waals surface area contributed by atoms with Crippen molar-refractivity contribution in [2.45, 2.75) is 71.3 Å². The fourth-order valence-corrected chi connectivity index (χ4v) is 3.95. The zero-order valence-electron chi connectivity index (χ0n) is 17.5. The van der Waals surface area contributed by atoms with E-state index >= 15 is 0 Å². The molecule has 7 heteroatoms. The van der Waals surface area contributed by atoms with Gasteiger partial charge in [0, 0.05) is 5.41 Å². The molecule has 0 bridgehead atoms. The first-order chi connectivity index (χ1) is 12.0. The predicted octanol–water partition coefficient (Wildman–Crippen LogP) is 3.02. The summed E-state index contributed by atoms with van der Waals surface area (Å²) in [5.41, 5.74) is -2.28. The van der Waals surface area contributed by atoms with E-state index < -0.39 is 27.6 Å². The first-order valence-corrected chi connectivity index (χ1v) is 9.24. The van der Waals surface area contributed by atoms with Crippen LogP contribution in [0.15, 0.2) is 14.4 Å². The summed E-state index contributed by atoms with van der Waals surface area (Å²) in [5, 5.41) is 13.2. The number of hydrogen-bond donors (Lipinski definition) is 2. The molecule has 2 N–H and O–H groups in total. The number of aromatic amines is 1. The largest absolute Gasteiger partial charge is 2.00 e. The van der Waals surface area contributed by atoms with Gasteiger partial charge in [0.25, 0.3) is 11.0 Å². The molecule has 0 amide bonds. The molecule has 2 aromatic rings. The molecule has 1 atom stereocenters. The molecule has 1 saturated carbocycles. The van der Waals surface area contributed by atoms with Gasteiger partial charge in [0.15, 0.2) is 5.75 Å². The Hall–Kier alpha value is -1.59. The average molecular weight is 430 g/mol. The molecule has 3 rings (SSSR count). The second kappa shape index (κ2) is 8.03. The average Bonchev–Trinajstić information content (AvgIpc) is 3.24. The van der Waals surface area contributed by atoms with Crippen molar-refractivity contribution in [1.29, 1.82) is 0 Å². The van der Waals surface area contributed by atoms with Crippen LogP contribution in [0, 0.1) is 19.8 Å². The van der Waals surface area contributed by atoms with Crippen LogP contribution in [0.5, 0.6) is 5.75 Å². The smallest absolute Gasteiger partial charge is 0.503 e. The van der Waals surface area contributed by atoms with Crippen LogP contribution in [0.25, 0.3) is 11.1 Å². The van der Waals surface area contributed by atoms with Gasteiger partial charge in [-0.25, -0.2) is 4.68 Å². The second-order valence-corrected chi connectivity index (χ2v) is 8.57. The van der Waals surface area contributed by atoms with Crippen LogP contribution in [-0.2, 0) is 28.0 Å². The van der Waals surface area contributed by atoms with E-state index in [-0.39, 0.29) is 41.2 Å². The summed E-state index contributed by atoms with van der Waals surface area (Å²) >= 11 is 0. The number of nitrogens with zero attached hydrogens (tertiary/aromatic N) is 1. The van der Waals surface area contributed by atoms with Crippen LogP contribution in [-0.4, -0.2) is 14.9 Å². The number of nitrogens with one attached hydrogen (secondary N) is 1. The van der Waals surface area contributed by atoms with E-state index in [1.165, 1.54) is 4.68 Å². The van der Waals surface area contributed by atoms with Gasteiger partial charge in [-0.1, -0.05) is 33.1 Å². The van der Waals surface area contributed by atoms with Gasteiger partial charge in [0.2, 0.25) is 5.43 Å². The van der Waals surface area contributed by atoms with Gasteiger partial charge in [0.1, 0.15) is 0 Å². The number of aromatic hydroxyl groups is 1. The van der Waals surface area contributed by atoms with Gasteiger partial charge in [-0.15, -0.1) is 0 Å². The van der Waals surface area contributed by atoms with E-state index in [1.807, 2.05) is 20.8 Å². The SMILES string of the molecule is CCC(C)(C)n1[nH]c(C(C)(C)C2C[CH-]CC2)c(-c2c(O)c(=O)c2=O)c1=O.[CH3-].[Fe+2]. The first kappa shape index (κ1) is 24.4. The molecule has 0 saturated heterocycles. The zero-order valence-corrected chi connectivity index (χ0v) is 18.6. The number of aromatic nitrogens is 2. The third-order valence-electron chi connectivity index (χ3n) is 6.33. The molecule has 1 aliphatic carbocycles. The molecule has 6 nitrogen and oxygen atoms in total. The van der Waals surface area contributed by atoms with Gasteiger partial charge in [-0.05, 0) is 20.3 Å². The van der Waals surface area contributed by atoms with Crippen molar-refractivity contribution in [1.82, 2.24) is 9.78 Å². The van der Waals surface area contributed by atoms with E-state index in [0.29, 0.717) is 18.0 Å². The van der Waals surface area contributed by atoms with Crippen molar-refractivity contribution < 1.29 is 22.2 Å². The molecule has 0 spiro atoms. The van der Waals surface area contributed by atoms with Crippen LogP contribution < -0.4 is 16.4 Å². The molecular weight excluding hydrogens is 400 g/mol. The van der Waals surface area contributed by atoms with Gasteiger partial charge < -0.3 is 19.0 Å². The maximum absolute atomic E-state index is 13.2. The maximum atomic E-state index is 13.2. The van der Waals surface area contributed by atoms with Gasteiger partial charge in [0.05, 0.1) is 22.4 Å². The fourth-order valence-electron chi connectivity index (χ4n) is 3.95. The van der Waals surface area contributed by atoms with Crippen molar-refractivity contribution in [3.05, 3.63) is 50.3 Å². The summed E-state index contributed by atoms with van der Waals surface area (Å²) in [6.45, 7) is 9.97. The molecular formula is C21H30FeN2O4. The first-order valence-electron chi connectivity index (χ1n) is 9.24. The minimum Gasteiger partial charge on any atom is -0.503 e. The summed E-state index contributed by atoms with van der Waals surface area (Å²) in [4.78, 5) is 36.9. The quantitative estimate of drug-likeness (QED) is 0.433. The van der Waals surface area contributed by atoms with Crippen LogP contribution in [0.2, 0.25) is 0 Å². The van der Waals surface area contributed by atoms with Crippen molar-refractivity contribution >= 4 is 0 Å². The summed E-state index contributed by atoms with van der Waals surface area (Å²) in [7, 11) is 0. The van der Waals surface area contributed by atoms with Gasteiger partial charge >= 0.3 is 17.1 Å². The van der Waals surface area contributed by atoms with E-state index in [4.69, 9.17) is 0 Å². The third kappa shape index (κ3) is 3.43. The fraction of sp³-hybridized carbons (Fsp3) is 0.571. The van der Waals surface area contributed by atoms with Crippen molar-refractivity contribution in [3.8, 4) is 16.9 Å². The summed E-state index contributed by atoms with van der Waals surface area (Å²) in [6, 6.07) is 0. The van der Waals surface area contributed by atoms with Crippen LogP contribution in [0.4, 0.5) is 0 Å². The molecule has 1 aliphatic rings. The standard InChI is InChI=1S/C20H27N2O4.CH3.Fe/c1-6-19(2,3)22-18(26)13(12-14(23)16(25)15(12)24)17(21-22)20(4,5)11-9-7-8-10-11;;/h7,11,21,23H,6,8-10H2,1-5H3;1H3;/q2*-1;+2. The molecule has 0 aliphatic heterocycles.